The lowest BCUT2D eigenvalue weighted by molar-refractivity contribution is -0.384. The molecule has 0 unspecified atom stereocenters. The summed E-state index contributed by atoms with van der Waals surface area (Å²) < 4.78 is 5.78. The number of carbonyl (C=O) groups excluding carboxylic acids is 1. The lowest BCUT2D eigenvalue weighted by Crippen LogP contribution is -2.17. The van der Waals surface area contributed by atoms with Crippen molar-refractivity contribution in [3.63, 3.8) is 0 Å². The fourth-order valence-corrected chi connectivity index (χ4v) is 3.18. The molecule has 0 bridgehead atoms. The van der Waals surface area contributed by atoms with E-state index >= 15 is 0 Å². The molecule has 0 spiro atoms. The monoisotopic (exact) mass is 475 g/mol. The molecule has 2 N–H and O–H groups in total. The third kappa shape index (κ3) is 5.64. The number of benzene rings is 3. The van der Waals surface area contributed by atoms with E-state index in [1.54, 1.807) is 6.07 Å². The highest BCUT2D eigenvalue weighted by atomic mass is 35.5. The van der Waals surface area contributed by atoms with E-state index in [4.69, 9.17) is 16.3 Å². The number of nitrogens with one attached hydrogen (secondary N) is 2. The number of halogens is 1. The molecule has 1 amide bonds. The van der Waals surface area contributed by atoms with Crippen LogP contribution in [0.25, 0.3) is 11.3 Å². The molecule has 4 aromatic rings. The van der Waals surface area contributed by atoms with E-state index in [0.717, 1.165) is 11.1 Å². The predicted octanol–water partition coefficient (Wildman–Crippen LogP) is 4.98. The minimum Gasteiger partial charge on any atom is -0.489 e. The number of non-ortho nitro benzene ring substituents is 1. The Labute approximate surface area is 199 Å². The second kappa shape index (κ2) is 10.4. The topological polar surface area (TPSA) is 123 Å². The number of hydrazone groups is 1. The Morgan fingerprint density at radius 1 is 1.12 bits per heavy atom. The molecule has 1 aromatic heterocycles. The van der Waals surface area contributed by atoms with E-state index in [9.17, 15) is 14.9 Å². The van der Waals surface area contributed by atoms with Gasteiger partial charge in [0.2, 0.25) is 0 Å². The number of amides is 1. The van der Waals surface area contributed by atoms with E-state index in [2.05, 4.69) is 20.7 Å². The molecule has 0 atom stereocenters. The van der Waals surface area contributed by atoms with Crippen molar-refractivity contribution in [3.8, 4) is 17.0 Å². The number of H-pyrrole nitrogens is 1. The Bertz CT molecular complexity index is 1330. The van der Waals surface area contributed by atoms with Crippen LogP contribution in [-0.2, 0) is 6.61 Å². The van der Waals surface area contributed by atoms with Gasteiger partial charge in [0.15, 0.2) is 0 Å². The summed E-state index contributed by atoms with van der Waals surface area (Å²) in [5.74, 6) is 0.203. The molecule has 0 saturated carbocycles. The van der Waals surface area contributed by atoms with Crippen LogP contribution in [0.2, 0.25) is 5.02 Å². The average Bonchev–Trinajstić information content (AvgIpc) is 3.35. The first kappa shape index (κ1) is 22.7. The zero-order valence-electron chi connectivity index (χ0n) is 17.6. The minimum atomic E-state index is -0.486. The van der Waals surface area contributed by atoms with Crippen LogP contribution in [0.1, 0.15) is 21.6 Å². The van der Waals surface area contributed by atoms with Gasteiger partial charge in [-0.2, -0.15) is 10.2 Å². The summed E-state index contributed by atoms with van der Waals surface area (Å²) in [6.45, 7) is 0.353. The summed E-state index contributed by atoms with van der Waals surface area (Å²) in [4.78, 5) is 22.5. The van der Waals surface area contributed by atoms with Crippen LogP contribution in [0, 0.1) is 10.1 Å². The molecular formula is C24H18ClN5O4. The summed E-state index contributed by atoms with van der Waals surface area (Å²) in [6, 6.07) is 22.2. The maximum absolute atomic E-state index is 12.3. The van der Waals surface area contributed by atoms with Gasteiger partial charge < -0.3 is 4.74 Å². The Morgan fingerprint density at radius 2 is 1.85 bits per heavy atom. The molecule has 4 rings (SSSR count). The number of ether oxygens (including phenoxy) is 1. The minimum absolute atomic E-state index is 0.0219. The van der Waals surface area contributed by atoms with Gasteiger partial charge in [-0.15, -0.1) is 0 Å². The summed E-state index contributed by atoms with van der Waals surface area (Å²) in [6.07, 6.45) is 1.39. The van der Waals surface area contributed by atoms with Gasteiger partial charge >= 0.3 is 0 Å². The van der Waals surface area contributed by atoms with Gasteiger partial charge in [0.1, 0.15) is 18.1 Å². The summed E-state index contributed by atoms with van der Waals surface area (Å²) >= 11 is 6.15. The van der Waals surface area contributed by atoms with Crippen molar-refractivity contribution in [2.75, 3.05) is 0 Å². The molecular weight excluding hydrogens is 458 g/mol. The number of hydrogen-bond acceptors (Lipinski definition) is 6. The second-order valence-electron chi connectivity index (χ2n) is 7.12. The van der Waals surface area contributed by atoms with Gasteiger partial charge in [0.05, 0.1) is 16.8 Å². The van der Waals surface area contributed by atoms with Crippen LogP contribution >= 0.6 is 11.6 Å². The largest absolute Gasteiger partial charge is 0.489 e. The number of hydrogen-bond donors (Lipinski definition) is 2. The smallest absolute Gasteiger partial charge is 0.289 e. The molecule has 0 aliphatic heterocycles. The van der Waals surface area contributed by atoms with E-state index in [-0.39, 0.29) is 11.4 Å². The highest BCUT2D eigenvalue weighted by Gasteiger charge is 2.11. The maximum Gasteiger partial charge on any atom is 0.289 e. The Kier molecular flexibility index (Phi) is 6.95. The van der Waals surface area contributed by atoms with Crippen molar-refractivity contribution in [2.24, 2.45) is 5.10 Å². The summed E-state index contributed by atoms with van der Waals surface area (Å²) in [7, 11) is 0. The van der Waals surface area contributed by atoms with Crippen molar-refractivity contribution in [2.45, 2.75) is 6.61 Å². The third-order valence-corrected chi connectivity index (χ3v) is 5.18. The molecule has 34 heavy (non-hydrogen) atoms. The van der Waals surface area contributed by atoms with Gasteiger partial charge in [-0.25, -0.2) is 5.43 Å². The second-order valence-corrected chi connectivity index (χ2v) is 7.53. The molecule has 1 heterocycles. The number of nitro groups is 1. The third-order valence-electron chi connectivity index (χ3n) is 4.81. The average molecular weight is 476 g/mol. The zero-order chi connectivity index (χ0) is 23.9. The summed E-state index contributed by atoms with van der Waals surface area (Å²) in [5, 5.41) is 22.1. The predicted molar refractivity (Wildman–Crippen MR) is 128 cm³/mol. The maximum atomic E-state index is 12.3. The summed E-state index contributed by atoms with van der Waals surface area (Å²) in [5.41, 5.74) is 5.49. The lowest BCUT2D eigenvalue weighted by Gasteiger charge is -2.08. The normalized spacial score (nSPS) is 10.9. The molecule has 9 nitrogen and oxygen atoms in total. The van der Waals surface area contributed by atoms with Crippen molar-refractivity contribution in [1.82, 2.24) is 15.6 Å². The number of nitro benzene ring substituents is 1. The molecule has 0 fully saturated rings. The van der Waals surface area contributed by atoms with Gasteiger partial charge in [0, 0.05) is 28.3 Å². The molecule has 10 heteroatoms. The van der Waals surface area contributed by atoms with Crippen LogP contribution in [0.3, 0.4) is 0 Å². The first-order valence-corrected chi connectivity index (χ1v) is 10.5. The molecule has 0 radical (unpaired) electrons. The number of rotatable bonds is 8. The molecule has 0 aliphatic carbocycles. The highest BCUT2D eigenvalue weighted by molar-refractivity contribution is 6.31. The fourth-order valence-electron chi connectivity index (χ4n) is 2.99. The van der Waals surface area contributed by atoms with Gasteiger partial charge in [-0.3, -0.25) is 20.0 Å². The van der Waals surface area contributed by atoms with Crippen LogP contribution in [-0.4, -0.2) is 27.2 Å². The van der Waals surface area contributed by atoms with Gasteiger partial charge in [-0.05, 0) is 54.1 Å². The van der Waals surface area contributed by atoms with E-state index in [0.29, 0.717) is 28.6 Å². The van der Waals surface area contributed by atoms with Gasteiger partial charge in [-0.1, -0.05) is 29.8 Å². The van der Waals surface area contributed by atoms with E-state index < -0.39 is 10.8 Å². The van der Waals surface area contributed by atoms with Crippen molar-refractivity contribution in [1.29, 1.82) is 0 Å². The highest BCUT2D eigenvalue weighted by Crippen LogP contribution is 2.23. The lowest BCUT2D eigenvalue weighted by atomic mass is 10.1. The van der Waals surface area contributed by atoms with E-state index in [1.807, 2.05) is 48.5 Å². The molecule has 0 aliphatic rings. The van der Waals surface area contributed by atoms with E-state index in [1.165, 1.54) is 30.5 Å². The number of nitrogens with zero attached hydrogens (tertiary/aromatic N) is 3. The first-order chi connectivity index (χ1) is 16.5. The fraction of sp³-hybridized carbons (Fsp3) is 0.0417. The van der Waals surface area contributed by atoms with Crippen molar-refractivity contribution >= 4 is 29.4 Å². The Hall–Kier alpha value is -4.50. The van der Waals surface area contributed by atoms with Crippen molar-refractivity contribution < 1.29 is 14.5 Å². The molecule has 170 valence electrons. The van der Waals surface area contributed by atoms with Crippen LogP contribution in [0.15, 0.2) is 84.0 Å². The molecule has 3 aromatic carbocycles. The molecule has 0 saturated heterocycles. The first-order valence-electron chi connectivity index (χ1n) is 10.1. The van der Waals surface area contributed by atoms with Crippen LogP contribution < -0.4 is 10.2 Å². The van der Waals surface area contributed by atoms with Crippen LogP contribution in [0.5, 0.6) is 5.75 Å². The number of aromatic amines is 1. The Balaban J connectivity index is 1.33. The van der Waals surface area contributed by atoms with Crippen molar-refractivity contribution in [3.05, 3.63) is 111 Å². The Morgan fingerprint density at radius 3 is 2.56 bits per heavy atom. The van der Waals surface area contributed by atoms with Gasteiger partial charge in [0.25, 0.3) is 11.6 Å². The zero-order valence-corrected chi connectivity index (χ0v) is 18.4. The quantitative estimate of drug-likeness (QED) is 0.211. The number of aromatic nitrogens is 2. The van der Waals surface area contributed by atoms with Crippen LogP contribution in [0.4, 0.5) is 5.69 Å². The standard InChI is InChI=1S/C24H18ClN5O4/c25-21-4-2-1-3-18(21)15-34-20-11-7-17(8-12-20)22-13-23(28-27-22)24(31)29-26-14-16-5-9-19(10-6-16)30(32)33/h1-14H,15H2,(H,27,28)(H,29,31). The number of carbonyl (C=O) groups is 1. The SMILES string of the molecule is O=C(NN=Cc1ccc([N+](=O)[O-])cc1)c1cc(-c2ccc(OCc3ccccc3Cl)cc2)n[nH]1.